The normalized spacial score (nSPS) is 26.6. The number of hydrogen-bond acceptors (Lipinski definition) is 7. The predicted molar refractivity (Wildman–Crippen MR) is 234 cm³/mol. The van der Waals surface area contributed by atoms with E-state index in [9.17, 15) is 4.79 Å². The number of primary amides is 1. The lowest BCUT2D eigenvalue weighted by Gasteiger charge is -2.53. The molecule has 1 saturated carbocycles. The van der Waals surface area contributed by atoms with Gasteiger partial charge in [-0.3, -0.25) is 14.6 Å². The second-order valence-electron chi connectivity index (χ2n) is 18.8. The summed E-state index contributed by atoms with van der Waals surface area (Å²) in [5.74, 6) is 2.59. The molecule has 2 saturated heterocycles. The molecule has 1 amide bonds. The van der Waals surface area contributed by atoms with Gasteiger partial charge in [0.2, 0.25) is 17.5 Å². The van der Waals surface area contributed by atoms with E-state index < -0.39 is 5.91 Å². The quantitative estimate of drug-likeness (QED) is 0.179. The molecule has 7 aliphatic rings. The van der Waals surface area contributed by atoms with E-state index in [1.54, 1.807) is 12.5 Å². The Labute approximate surface area is 351 Å². The second-order valence-corrected chi connectivity index (χ2v) is 18.8. The standard InChI is InChI=1S/C26H29N3O.C24H26N4O2/c1-3-26-12-6-13-28-14-11-19-18-7-4-5-8-20(18)29(22(19)24(26)28)21(15-26)25-27-16(2)23(30-25)17-9-10-17;1-3-24-10-6-11-27-12-9-16-15-7-4-5-8-17(15)28(19(16)21(24)27)18(13-24)23-26-14(2)20(30-23)22(25)29/h4-5,7-8,15,17,24H,3,6,9-14H2,1-2H3;4-5,7-8,13,21H,3,6,9-12H2,1-2H3,(H2,25,29)/t24-,26+;21-,24+/m11/s1. The Balaban J connectivity index is 0.000000129. The minimum Gasteiger partial charge on any atom is -0.439 e. The summed E-state index contributed by atoms with van der Waals surface area (Å²) in [7, 11) is 0. The Hall–Kier alpha value is -5.19. The summed E-state index contributed by atoms with van der Waals surface area (Å²) in [6, 6.07) is 18.4. The van der Waals surface area contributed by atoms with Crippen LogP contribution < -0.4 is 5.73 Å². The van der Waals surface area contributed by atoms with Crippen molar-refractivity contribution in [1.29, 1.82) is 0 Å². The molecule has 60 heavy (non-hydrogen) atoms. The third-order valence-electron chi connectivity index (χ3n) is 15.7. The van der Waals surface area contributed by atoms with E-state index in [4.69, 9.17) is 19.6 Å². The monoisotopic (exact) mass is 801 g/mol. The zero-order chi connectivity index (χ0) is 40.7. The fourth-order valence-electron chi connectivity index (χ4n) is 12.8. The average molecular weight is 802 g/mol. The van der Waals surface area contributed by atoms with Crippen molar-refractivity contribution in [2.75, 3.05) is 26.2 Å². The molecule has 0 bridgehead atoms. The van der Waals surface area contributed by atoms with Gasteiger partial charge in [-0.1, -0.05) is 50.2 Å². The van der Waals surface area contributed by atoms with Gasteiger partial charge in [0.25, 0.3) is 5.91 Å². The number of nitrogens with zero attached hydrogens (tertiary/aromatic N) is 6. The van der Waals surface area contributed by atoms with Crippen LogP contribution in [0.1, 0.15) is 145 Å². The van der Waals surface area contributed by atoms with Crippen LogP contribution in [0.15, 0.2) is 69.5 Å². The molecule has 2 N–H and O–H groups in total. The van der Waals surface area contributed by atoms with Gasteiger partial charge in [-0.25, -0.2) is 9.97 Å². The van der Waals surface area contributed by atoms with Crippen molar-refractivity contribution in [2.24, 2.45) is 16.6 Å². The highest BCUT2D eigenvalue weighted by Gasteiger charge is 2.52. The van der Waals surface area contributed by atoms with E-state index in [-0.39, 0.29) is 16.6 Å². The number of oxazole rings is 2. The van der Waals surface area contributed by atoms with Gasteiger partial charge in [-0.15, -0.1) is 0 Å². The zero-order valence-electron chi connectivity index (χ0n) is 35.4. The summed E-state index contributed by atoms with van der Waals surface area (Å²) in [6.07, 6.45) is 16.7. The van der Waals surface area contributed by atoms with Gasteiger partial charge < -0.3 is 23.7 Å². The molecule has 0 spiro atoms. The summed E-state index contributed by atoms with van der Waals surface area (Å²) in [4.78, 5) is 26.9. The predicted octanol–water partition coefficient (Wildman–Crippen LogP) is 9.84. The molecule has 4 atom stereocenters. The number of fused-ring (bicyclic) bond motifs is 6. The fraction of sp³-hybridized carbons (Fsp3) is 0.460. The molecule has 3 fully saturated rings. The van der Waals surface area contributed by atoms with Gasteiger partial charge in [-0.2, -0.15) is 0 Å². The molecule has 4 aromatic heterocycles. The molecular formula is C50H55N7O3. The summed E-state index contributed by atoms with van der Waals surface area (Å²) in [5.41, 5.74) is 17.9. The molecule has 2 aromatic carbocycles. The molecule has 10 heterocycles. The van der Waals surface area contributed by atoms with Gasteiger partial charge in [0.1, 0.15) is 17.2 Å². The van der Waals surface area contributed by atoms with Crippen molar-refractivity contribution in [1.82, 2.24) is 28.9 Å². The van der Waals surface area contributed by atoms with Crippen LogP contribution in [0.2, 0.25) is 0 Å². The first-order chi connectivity index (χ1) is 29.2. The van der Waals surface area contributed by atoms with Crippen molar-refractivity contribution in [3.8, 4) is 0 Å². The Bertz CT molecular complexity index is 2830. The van der Waals surface area contributed by atoms with Crippen molar-refractivity contribution in [3.63, 3.8) is 0 Å². The smallest absolute Gasteiger partial charge is 0.286 e. The van der Waals surface area contributed by atoms with Crippen molar-refractivity contribution >= 4 is 39.1 Å². The van der Waals surface area contributed by atoms with E-state index >= 15 is 0 Å². The molecule has 0 unspecified atom stereocenters. The molecule has 6 aromatic rings. The SMILES string of the molecule is CC[C@@]12C=C(c3nc(C)c(C(N)=O)o3)n3c4c(c5ccccc53)CCN(CCC1)[C@H]42.CC[C@@]12C=C(c3nc(C)c(C4CC4)o3)n3c4c(c5ccccc53)CCN(CCC1)[C@H]42. The highest BCUT2D eigenvalue weighted by Crippen LogP contribution is 2.59. The molecule has 308 valence electrons. The van der Waals surface area contributed by atoms with Crippen LogP contribution in [-0.4, -0.2) is 61.0 Å². The van der Waals surface area contributed by atoms with Crippen LogP contribution in [0.25, 0.3) is 33.2 Å². The molecule has 10 nitrogen and oxygen atoms in total. The Morgan fingerprint density at radius 2 is 1.22 bits per heavy atom. The number of amides is 1. The van der Waals surface area contributed by atoms with E-state index in [0.29, 0.717) is 29.6 Å². The van der Waals surface area contributed by atoms with Crippen LogP contribution in [0.4, 0.5) is 0 Å². The summed E-state index contributed by atoms with van der Waals surface area (Å²) in [6.45, 7) is 13.2. The van der Waals surface area contributed by atoms with Gasteiger partial charge in [-0.05, 0) is 127 Å². The van der Waals surface area contributed by atoms with E-state index in [1.165, 1.54) is 89.6 Å². The Morgan fingerprint density at radius 1 is 0.717 bits per heavy atom. The summed E-state index contributed by atoms with van der Waals surface area (Å²) < 4.78 is 17.3. The van der Waals surface area contributed by atoms with E-state index in [2.05, 4.69) is 105 Å². The van der Waals surface area contributed by atoms with Crippen LogP contribution in [0, 0.1) is 24.7 Å². The van der Waals surface area contributed by atoms with Gasteiger partial charge >= 0.3 is 0 Å². The number of piperidine rings is 2. The molecule has 1 aliphatic carbocycles. The first kappa shape index (κ1) is 36.6. The third kappa shape index (κ3) is 5.03. The number of nitrogens with two attached hydrogens (primary N) is 1. The highest BCUT2D eigenvalue weighted by atomic mass is 16.4. The molecule has 13 rings (SSSR count). The van der Waals surface area contributed by atoms with Crippen molar-refractivity contribution < 1.29 is 13.6 Å². The largest absolute Gasteiger partial charge is 0.439 e. The second kappa shape index (κ2) is 13.2. The van der Waals surface area contributed by atoms with Crippen LogP contribution in [0.3, 0.4) is 0 Å². The summed E-state index contributed by atoms with van der Waals surface area (Å²) in [5, 5.41) is 2.73. The number of aryl methyl sites for hydroxylation is 2. The average Bonchev–Trinajstić information content (AvgIpc) is 3.61. The van der Waals surface area contributed by atoms with Crippen LogP contribution in [-0.2, 0) is 12.8 Å². The molecular weight excluding hydrogens is 747 g/mol. The van der Waals surface area contributed by atoms with Gasteiger partial charge in [0, 0.05) is 52.0 Å². The number of para-hydroxylation sites is 2. The molecule has 0 radical (unpaired) electrons. The maximum Gasteiger partial charge on any atom is 0.286 e. The minimum atomic E-state index is -0.575. The van der Waals surface area contributed by atoms with Crippen molar-refractivity contribution in [2.45, 2.75) is 110 Å². The van der Waals surface area contributed by atoms with Gasteiger partial charge in [0.05, 0.1) is 34.5 Å². The molecule has 6 aliphatic heterocycles. The lowest BCUT2D eigenvalue weighted by molar-refractivity contribution is 0.0269. The topological polar surface area (TPSA) is 111 Å². The minimum absolute atomic E-state index is 0.0440. The lowest BCUT2D eigenvalue weighted by atomic mass is 9.66. The van der Waals surface area contributed by atoms with Gasteiger partial charge in [0.15, 0.2) is 0 Å². The molecule has 10 heteroatoms. The maximum absolute atomic E-state index is 11.8. The van der Waals surface area contributed by atoms with E-state index in [0.717, 1.165) is 68.2 Å². The first-order valence-electron chi connectivity index (χ1n) is 22.7. The number of benzene rings is 2. The number of rotatable bonds is 6. The van der Waals surface area contributed by atoms with Crippen LogP contribution in [0.5, 0.6) is 0 Å². The Kier molecular flexibility index (Phi) is 8.03. The lowest BCUT2D eigenvalue weighted by Crippen LogP contribution is -2.50. The fourth-order valence-corrected chi connectivity index (χ4v) is 12.8. The zero-order valence-corrected chi connectivity index (χ0v) is 35.4. The number of carbonyl (C=O) groups excluding carboxylic acids is 1. The third-order valence-corrected chi connectivity index (χ3v) is 15.7. The van der Waals surface area contributed by atoms with E-state index in [1.807, 2.05) is 0 Å². The van der Waals surface area contributed by atoms with Crippen molar-refractivity contribution in [3.05, 3.63) is 118 Å². The summed E-state index contributed by atoms with van der Waals surface area (Å²) >= 11 is 0. The maximum atomic E-state index is 11.8. The number of hydrogen-bond donors (Lipinski definition) is 1. The van der Waals surface area contributed by atoms with Crippen LogP contribution >= 0.6 is 0 Å². The number of carbonyl (C=O) groups is 1. The highest BCUT2D eigenvalue weighted by molar-refractivity contribution is 5.94. The Morgan fingerprint density at radius 3 is 1.70 bits per heavy atom. The first-order valence-corrected chi connectivity index (χ1v) is 22.7. The number of aromatic nitrogens is 4.